The number of carbonyl (C=O) groups excluding carboxylic acids is 1. The maximum Gasteiger partial charge on any atom is 0.226 e. The zero-order valence-electron chi connectivity index (χ0n) is 11.2. The molecule has 19 heavy (non-hydrogen) atoms. The minimum absolute atomic E-state index is 0.0880. The highest BCUT2D eigenvalue weighted by molar-refractivity contribution is 5.78. The molecule has 5 nitrogen and oxygen atoms in total. The summed E-state index contributed by atoms with van der Waals surface area (Å²) in [6, 6.07) is 7.59. The fraction of sp³-hybridized carbons (Fsp3) is 0.500. The molecular weight excluding hydrogens is 244 g/mol. The topological polar surface area (TPSA) is 64.8 Å². The second-order valence-corrected chi connectivity index (χ2v) is 4.74. The second kappa shape index (κ2) is 6.54. The van der Waals surface area contributed by atoms with E-state index in [1.807, 2.05) is 29.2 Å². The van der Waals surface area contributed by atoms with Crippen LogP contribution >= 0.6 is 0 Å². The highest BCUT2D eigenvalue weighted by Crippen LogP contribution is 2.15. The maximum absolute atomic E-state index is 12.1. The van der Waals surface area contributed by atoms with E-state index in [4.69, 9.17) is 15.5 Å². The molecule has 0 radical (unpaired) electrons. The summed E-state index contributed by atoms with van der Waals surface area (Å²) in [5, 5.41) is 0. The summed E-state index contributed by atoms with van der Waals surface area (Å²) in [5.41, 5.74) is 1.00. The van der Waals surface area contributed by atoms with Crippen LogP contribution in [-0.4, -0.2) is 37.1 Å². The number of methoxy groups -OCH3 is 1. The summed E-state index contributed by atoms with van der Waals surface area (Å²) in [6.45, 7) is 1.44. The molecule has 2 rings (SSSR count). The Morgan fingerprint density at radius 1 is 1.32 bits per heavy atom. The Morgan fingerprint density at radius 2 is 1.95 bits per heavy atom. The highest BCUT2D eigenvalue weighted by Gasteiger charge is 2.22. The molecule has 0 aromatic heterocycles. The van der Waals surface area contributed by atoms with Crippen molar-refractivity contribution in [2.45, 2.75) is 25.4 Å². The number of carbonyl (C=O) groups is 1. The van der Waals surface area contributed by atoms with Gasteiger partial charge in [-0.2, -0.15) is 0 Å². The molecule has 0 atom stereocenters. The van der Waals surface area contributed by atoms with Gasteiger partial charge in [-0.3, -0.25) is 4.79 Å². The minimum Gasteiger partial charge on any atom is -0.497 e. The lowest BCUT2D eigenvalue weighted by Gasteiger charge is -2.30. The number of likely N-dealkylation sites (tertiary alicyclic amines) is 1. The molecule has 1 fully saturated rings. The van der Waals surface area contributed by atoms with Gasteiger partial charge in [-0.25, -0.2) is 5.90 Å². The van der Waals surface area contributed by atoms with Crippen molar-refractivity contribution in [2.75, 3.05) is 20.2 Å². The lowest BCUT2D eigenvalue weighted by Crippen LogP contribution is -2.42. The van der Waals surface area contributed by atoms with Crippen LogP contribution in [0.15, 0.2) is 24.3 Å². The Kier molecular flexibility index (Phi) is 4.76. The quantitative estimate of drug-likeness (QED) is 0.828. The van der Waals surface area contributed by atoms with Gasteiger partial charge in [-0.05, 0) is 30.5 Å². The van der Waals surface area contributed by atoms with Gasteiger partial charge in [-0.1, -0.05) is 12.1 Å². The average Bonchev–Trinajstić information content (AvgIpc) is 2.48. The van der Waals surface area contributed by atoms with Gasteiger partial charge in [0.1, 0.15) is 5.75 Å². The molecule has 0 spiro atoms. The van der Waals surface area contributed by atoms with Gasteiger partial charge in [0.25, 0.3) is 0 Å². The minimum atomic E-state index is 0.0880. The lowest BCUT2D eigenvalue weighted by molar-refractivity contribution is -0.133. The number of piperidine rings is 1. The van der Waals surface area contributed by atoms with Crippen molar-refractivity contribution in [1.29, 1.82) is 0 Å². The molecule has 5 heteroatoms. The van der Waals surface area contributed by atoms with Crippen molar-refractivity contribution in [3.63, 3.8) is 0 Å². The molecule has 1 aliphatic heterocycles. The average molecular weight is 264 g/mol. The number of hydrogen-bond donors (Lipinski definition) is 1. The highest BCUT2D eigenvalue weighted by atomic mass is 16.6. The van der Waals surface area contributed by atoms with Gasteiger partial charge >= 0.3 is 0 Å². The number of hydrogen-bond acceptors (Lipinski definition) is 4. The van der Waals surface area contributed by atoms with E-state index in [1.165, 1.54) is 0 Å². The Labute approximate surface area is 113 Å². The first-order valence-electron chi connectivity index (χ1n) is 6.49. The van der Waals surface area contributed by atoms with Crippen LogP contribution in [0.1, 0.15) is 18.4 Å². The van der Waals surface area contributed by atoms with E-state index >= 15 is 0 Å². The standard InChI is InChI=1S/C14H20N2O3/c1-18-12-4-2-11(3-5-12)10-14(17)16-8-6-13(19-15)7-9-16/h2-5,13H,6-10,15H2,1H3. The van der Waals surface area contributed by atoms with Crippen molar-refractivity contribution in [1.82, 2.24) is 4.90 Å². The van der Waals surface area contributed by atoms with Crippen molar-refractivity contribution in [3.05, 3.63) is 29.8 Å². The van der Waals surface area contributed by atoms with Crippen molar-refractivity contribution in [2.24, 2.45) is 5.90 Å². The fourth-order valence-corrected chi connectivity index (χ4v) is 2.27. The summed E-state index contributed by atoms with van der Waals surface area (Å²) in [6.07, 6.45) is 2.14. The van der Waals surface area contributed by atoms with Crippen molar-refractivity contribution < 1.29 is 14.4 Å². The van der Waals surface area contributed by atoms with Crippen LogP contribution in [0.2, 0.25) is 0 Å². The van der Waals surface area contributed by atoms with E-state index in [1.54, 1.807) is 7.11 Å². The van der Waals surface area contributed by atoms with Crippen LogP contribution in [0, 0.1) is 0 Å². The molecule has 0 saturated carbocycles. The third kappa shape index (κ3) is 3.68. The van der Waals surface area contributed by atoms with Crippen LogP contribution in [0.25, 0.3) is 0 Å². The zero-order chi connectivity index (χ0) is 13.7. The third-order valence-corrected chi connectivity index (χ3v) is 3.50. The maximum atomic E-state index is 12.1. The summed E-state index contributed by atoms with van der Waals surface area (Å²) in [5.74, 6) is 6.12. The largest absolute Gasteiger partial charge is 0.497 e. The summed E-state index contributed by atoms with van der Waals surface area (Å²) >= 11 is 0. The first-order valence-corrected chi connectivity index (χ1v) is 6.49. The smallest absolute Gasteiger partial charge is 0.226 e. The molecule has 0 aliphatic carbocycles. The van der Waals surface area contributed by atoms with E-state index in [-0.39, 0.29) is 12.0 Å². The van der Waals surface area contributed by atoms with E-state index in [0.717, 1.165) is 37.2 Å². The normalized spacial score (nSPS) is 16.4. The summed E-state index contributed by atoms with van der Waals surface area (Å²) in [4.78, 5) is 18.8. The number of rotatable bonds is 4. The van der Waals surface area contributed by atoms with E-state index in [0.29, 0.717) is 6.42 Å². The molecule has 0 bridgehead atoms. The molecule has 104 valence electrons. The number of amides is 1. The van der Waals surface area contributed by atoms with Crippen LogP contribution < -0.4 is 10.6 Å². The predicted molar refractivity (Wildman–Crippen MR) is 71.6 cm³/mol. The lowest BCUT2D eigenvalue weighted by atomic mass is 10.1. The molecule has 1 amide bonds. The van der Waals surface area contributed by atoms with Gasteiger partial charge in [0.05, 0.1) is 19.6 Å². The first kappa shape index (κ1) is 13.8. The van der Waals surface area contributed by atoms with Crippen molar-refractivity contribution >= 4 is 5.91 Å². The number of nitrogens with zero attached hydrogens (tertiary/aromatic N) is 1. The van der Waals surface area contributed by atoms with Gasteiger partial charge in [-0.15, -0.1) is 0 Å². The van der Waals surface area contributed by atoms with Gasteiger partial charge < -0.3 is 14.5 Å². The van der Waals surface area contributed by atoms with E-state index in [2.05, 4.69) is 0 Å². The molecule has 1 saturated heterocycles. The zero-order valence-corrected chi connectivity index (χ0v) is 11.2. The molecule has 2 N–H and O–H groups in total. The van der Waals surface area contributed by atoms with Crippen LogP contribution in [0.4, 0.5) is 0 Å². The molecule has 1 heterocycles. The molecule has 0 unspecified atom stereocenters. The Morgan fingerprint density at radius 3 is 2.47 bits per heavy atom. The molecular formula is C14H20N2O3. The Hall–Kier alpha value is -1.59. The van der Waals surface area contributed by atoms with Gasteiger partial charge in [0.15, 0.2) is 0 Å². The predicted octanol–water partition coefficient (Wildman–Crippen LogP) is 1.12. The SMILES string of the molecule is COc1ccc(CC(=O)N2CCC(ON)CC2)cc1. The second-order valence-electron chi connectivity index (χ2n) is 4.74. The molecule has 1 aromatic rings. The molecule has 1 aromatic carbocycles. The van der Waals surface area contributed by atoms with Gasteiger partial charge in [0, 0.05) is 13.1 Å². The number of ether oxygens (including phenoxy) is 1. The van der Waals surface area contributed by atoms with Gasteiger partial charge in [0.2, 0.25) is 5.91 Å². The van der Waals surface area contributed by atoms with Crippen LogP contribution in [0.5, 0.6) is 5.75 Å². The Bertz CT molecular complexity index is 411. The van der Waals surface area contributed by atoms with Crippen molar-refractivity contribution in [3.8, 4) is 5.75 Å². The number of nitrogens with two attached hydrogens (primary N) is 1. The monoisotopic (exact) mass is 264 g/mol. The van der Waals surface area contributed by atoms with E-state index < -0.39 is 0 Å². The first-order chi connectivity index (χ1) is 9.22. The van der Waals surface area contributed by atoms with Crippen LogP contribution in [-0.2, 0) is 16.1 Å². The summed E-state index contributed by atoms with van der Waals surface area (Å²) < 4.78 is 5.09. The summed E-state index contributed by atoms with van der Waals surface area (Å²) in [7, 11) is 1.63. The third-order valence-electron chi connectivity index (χ3n) is 3.50. The number of benzene rings is 1. The van der Waals surface area contributed by atoms with Crippen LogP contribution in [0.3, 0.4) is 0 Å². The Balaban J connectivity index is 1.86. The fourth-order valence-electron chi connectivity index (χ4n) is 2.27. The van der Waals surface area contributed by atoms with E-state index in [9.17, 15) is 4.79 Å². The molecule has 1 aliphatic rings.